The van der Waals surface area contributed by atoms with Gasteiger partial charge in [-0.3, -0.25) is 9.98 Å². The Morgan fingerprint density at radius 1 is 0.605 bits per heavy atom. The Bertz CT molecular complexity index is 2070. The summed E-state index contributed by atoms with van der Waals surface area (Å²) >= 11 is 0. The molecule has 0 unspecified atom stereocenters. The highest BCUT2D eigenvalue weighted by Crippen LogP contribution is 2.44. The van der Waals surface area contributed by atoms with Gasteiger partial charge >= 0.3 is 0 Å². The van der Waals surface area contributed by atoms with Gasteiger partial charge in [-0.1, -0.05) is 103 Å². The average Bonchev–Trinajstić information content (AvgIpc) is 3.07. The average molecular weight is 553 g/mol. The minimum absolute atomic E-state index is 0.994. The third-order valence-electron chi connectivity index (χ3n) is 9.05. The lowest BCUT2D eigenvalue weighted by Crippen LogP contribution is -2.11. The number of aliphatic imine (C=N–C) groups is 1. The van der Waals surface area contributed by atoms with E-state index in [-0.39, 0.29) is 0 Å². The summed E-state index contributed by atoms with van der Waals surface area (Å²) < 4.78 is 0. The molecule has 0 spiro atoms. The number of nitrogens with zero attached hydrogens (tertiary/aromatic N) is 2. The normalized spacial score (nSPS) is 14.7. The minimum Gasteiger partial charge on any atom is -0.261 e. The van der Waals surface area contributed by atoms with Crippen molar-refractivity contribution in [1.29, 1.82) is 0 Å². The molecule has 0 saturated heterocycles. The Balaban J connectivity index is 1.23. The molecule has 0 amide bonds. The molecule has 0 radical (unpaired) electrons. The lowest BCUT2D eigenvalue weighted by Gasteiger charge is -2.22. The maximum absolute atomic E-state index is 5.15. The predicted molar refractivity (Wildman–Crippen MR) is 182 cm³/mol. The Morgan fingerprint density at radius 2 is 1.28 bits per heavy atom. The Kier molecular flexibility index (Phi) is 6.34. The Morgan fingerprint density at radius 3 is 1.98 bits per heavy atom. The van der Waals surface area contributed by atoms with Gasteiger partial charge in [-0.2, -0.15) is 0 Å². The highest BCUT2D eigenvalue weighted by molar-refractivity contribution is 6.21. The van der Waals surface area contributed by atoms with Crippen LogP contribution in [0.1, 0.15) is 41.6 Å². The number of aromatic nitrogens is 1. The van der Waals surface area contributed by atoms with E-state index in [9.17, 15) is 0 Å². The second-order valence-electron chi connectivity index (χ2n) is 11.6. The molecule has 0 fully saturated rings. The number of hydrogen-bond acceptors (Lipinski definition) is 2. The quantitative estimate of drug-likeness (QED) is 0.200. The van der Waals surface area contributed by atoms with Crippen LogP contribution in [-0.2, 0) is 6.42 Å². The van der Waals surface area contributed by atoms with Crippen LogP contribution in [0.3, 0.4) is 0 Å². The van der Waals surface area contributed by atoms with Gasteiger partial charge in [0.05, 0.1) is 5.70 Å². The minimum atomic E-state index is 0.994. The summed E-state index contributed by atoms with van der Waals surface area (Å²) in [5.74, 6) is 0. The smallest absolute Gasteiger partial charge is 0.0683 e. The molecule has 0 saturated carbocycles. The Hall–Kier alpha value is -5.08. The lowest BCUT2D eigenvalue weighted by molar-refractivity contribution is 0.942. The zero-order valence-corrected chi connectivity index (χ0v) is 24.3. The fraction of sp³-hybridized carbons (Fsp3) is 0.122. The SMILES string of the molecule is Cc1ncccc1C1=CCCC(C2=Cc3ccc(-c4c5ccccc5c(-c5ccccc5)c5ccccc45)cc3CC2)=N1. The van der Waals surface area contributed by atoms with Gasteiger partial charge < -0.3 is 0 Å². The van der Waals surface area contributed by atoms with E-state index in [1.165, 1.54) is 66.2 Å². The first-order chi connectivity index (χ1) is 21.2. The third-order valence-corrected chi connectivity index (χ3v) is 9.05. The maximum atomic E-state index is 5.15. The van der Waals surface area contributed by atoms with Crippen LogP contribution in [0.5, 0.6) is 0 Å². The highest BCUT2D eigenvalue weighted by atomic mass is 14.8. The molecule has 1 aliphatic carbocycles. The fourth-order valence-electron chi connectivity index (χ4n) is 6.98. The van der Waals surface area contributed by atoms with E-state index in [0.717, 1.165) is 42.6 Å². The van der Waals surface area contributed by atoms with Gasteiger partial charge in [-0.15, -0.1) is 0 Å². The van der Waals surface area contributed by atoms with Crippen LogP contribution >= 0.6 is 0 Å². The van der Waals surface area contributed by atoms with Crippen molar-refractivity contribution in [3.8, 4) is 22.3 Å². The van der Waals surface area contributed by atoms with E-state index in [0.29, 0.717) is 0 Å². The zero-order chi connectivity index (χ0) is 28.8. The first kappa shape index (κ1) is 25.6. The van der Waals surface area contributed by atoms with E-state index in [1.807, 2.05) is 12.3 Å². The third kappa shape index (κ3) is 4.51. The van der Waals surface area contributed by atoms with Crippen molar-refractivity contribution in [2.75, 3.05) is 0 Å². The number of allylic oxidation sites excluding steroid dienone is 2. The summed E-state index contributed by atoms with van der Waals surface area (Å²) in [5, 5.41) is 5.19. The van der Waals surface area contributed by atoms with E-state index in [1.54, 1.807) is 0 Å². The number of fused-ring (bicyclic) bond motifs is 3. The van der Waals surface area contributed by atoms with Gasteiger partial charge in [0.25, 0.3) is 0 Å². The molecule has 5 aromatic carbocycles. The molecule has 0 bridgehead atoms. The van der Waals surface area contributed by atoms with E-state index in [4.69, 9.17) is 4.99 Å². The molecule has 43 heavy (non-hydrogen) atoms. The predicted octanol–water partition coefficient (Wildman–Crippen LogP) is 10.6. The van der Waals surface area contributed by atoms with Gasteiger partial charge in [-0.25, -0.2) is 0 Å². The lowest BCUT2D eigenvalue weighted by atomic mass is 9.83. The molecule has 0 N–H and O–H groups in total. The molecule has 6 aromatic rings. The molecular weight excluding hydrogens is 520 g/mol. The van der Waals surface area contributed by atoms with Crippen LogP contribution in [0.4, 0.5) is 0 Å². The van der Waals surface area contributed by atoms with Crippen molar-refractivity contribution in [1.82, 2.24) is 4.98 Å². The summed E-state index contributed by atoms with van der Waals surface area (Å²) in [7, 11) is 0. The summed E-state index contributed by atoms with van der Waals surface area (Å²) in [6, 6.07) is 39.8. The van der Waals surface area contributed by atoms with Crippen LogP contribution in [0.2, 0.25) is 0 Å². The van der Waals surface area contributed by atoms with Gasteiger partial charge in [-0.05, 0) is 111 Å². The van der Waals surface area contributed by atoms with E-state index < -0.39 is 0 Å². The molecule has 2 aliphatic rings. The van der Waals surface area contributed by atoms with Crippen molar-refractivity contribution in [3.63, 3.8) is 0 Å². The zero-order valence-electron chi connectivity index (χ0n) is 24.3. The number of rotatable bonds is 4. The first-order valence-electron chi connectivity index (χ1n) is 15.3. The molecule has 2 heterocycles. The molecule has 2 nitrogen and oxygen atoms in total. The van der Waals surface area contributed by atoms with Crippen molar-refractivity contribution in [2.45, 2.75) is 32.6 Å². The molecule has 1 aromatic heterocycles. The molecular formula is C41H32N2. The van der Waals surface area contributed by atoms with Gasteiger partial charge in [0.15, 0.2) is 0 Å². The van der Waals surface area contributed by atoms with Crippen LogP contribution in [0.25, 0.3) is 55.6 Å². The van der Waals surface area contributed by atoms with Crippen LogP contribution in [0.15, 0.2) is 132 Å². The summed E-state index contributed by atoms with van der Waals surface area (Å²) in [6.07, 6.45) is 10.5. The van der Waals surface area contributed by atoms with Crippen molar-refractivity contribution in [3.05, 3.63) is 149 Å². The number of pyridine rings is 1. The number of aryl methyl sites for hydroxylation is 2. The molecule has 2 heteroatoms. The van der Waals surface area contributed by atoms with Crippen LogP contribution < -0.4 is 0 Å². The molecule has 1 aliphatic heterocycles. The maximum Gasteiger partial charge on any atom is 0.0683 e. The fourth-order valence-corrected chi connectivity index (χ4v) is 6.98. The second kappa shape index (κ2) is 10.6. The van der Waals surface area contributed by atoms with Gasteiger partial charge in [0.1, 0.15) is 0 Å². The molecule has 8 rings (SSSR count). The topological polar surface area (TPSA) is 25.2 Å². The monoisotopic (exact) mass is 552 g/mol. The summed E-state index contributed by atoms with van der Waals surface area (Å²) in [5.41, 5.74) is 13.7. The van der Waals surface area contributed by atoms with Crippen molar-refractivity contribution >= 4 is 39.0 Å². The van der Waals surface area contributed by atoms with Gasteiger partial charge in [0, 0.05) is 23.2 Å². The first-order valence-corrected chi connectivity index (χ1v) is 15.3. The summed E-state index contributed by atoms with van der Waals surface area (Å²) in [6.45, 7) is 2.06. The number of benzene rings is 5. The molecule has 0 atom stereocenters. The second-order valence-corrected chi connectivity index (χ2v) is 11.6. The number of hydrogen-bond donors (Lipinski definition) is 0. The largest absolute Gasteiger partial charge is 0.261 e. The van der Waals surface area contributed by atoms with Crippen LogP contribution in [-0.4, -0.2) is 10.7 Å². The van der Waals surface area contributed by atoms with E-state index in [2.05, 4.69) is 127 Å². The molecule has 206 valence electrons. The van der Waals surface area contributed by atoms with E-state index >= 15 is 0 Å². The van der Waals surface area contributed by atoms with Crippen molar-refractivity contribution < 1.29 is 0 Å². The van der Waals surface area contributed by atoms with Crippen molar-refractivity contribution in [2.24, 2.45) is 4.99 Å². The standard InChI is InChI=1S/C41H32N2/c1-27-33(17-10-24-42-27)39-19-9-18-38(43-39)31-22-20-30-26-32(23-21-29(30)25-31)41-36-15-7-5-13-34(36)40(28-11-3-2-4-12-28)35-14-6-8-16-37(35)41/h2-8,10-17,19,21,23-26H,9,18,20,22H2,1H3. The summed E-state index contributed by atoms with van der Waals surface area (Å²) in [4.78, 5) is 9.63. The highest BCUT2D eigenvalue weighted by Gasteiger charge is 2.21. The van der Waals surface area contributed by atoms with Gasteiger partial charge in [0.2, 0.25) is 0 Å². The van der Waals surface area contributed by atoms with Crippen LogP contribution in [0, 0.1) is 6.92 Å². The Labute approximate surface area is 252 Å².